The summed E-state index contributed by atoms with van der Waals surface area (Å²) >= 11 is 0. The molecule has 0 radical (unpaired) electrons. The fourth-order valence-corrected chi connectivity index (χ4v) is 1.64. The lowest BCUT2D eigenvalue weighted by Gasteiger charge is -2.24. The summed E-state index contributed by atoms with van der Waals surface area (Å²) in [5, 5.41) is 2.87. The van der Waals surface area contributed by atoms with Gasteiger partial charge < -0.3 is 15.8 Å². The number of anilines is 2. The Morgan fingerprint density at radius 2 is 1.90 bits per heavy atom. The molecule has 0 aliphatic rings. The predicted molar refractivity (Wildman–Crippen MR) is 82.7 cm³/mol. The van der Waals surface area contributed by atoms with E-state index in [1.165, 1.54) is 0 Å². The van der Waals surface area contributed by atoms with Crippen molar-refractivity contribution >= 4 is 17.3 Å². The van der Waals surface area contributed by atoms with Crippen molar-refractivity contribution in [2.45, 2.75) is 32.9 Å². The molecule has 1 amide bonds. The lowest BCUT2D eigenvalue weighted by atomic mass is 10.2. The number of hydrogen-bond acceptors (Lipinski definition) is 4. The van der Waals surface area contributed by atoms with Crippen LogP contribution in [0, 0.1) is 0 Å². The van der Waals surface area contributed by atoms with Crippen LogP contribution in [0.5, 0.6) is 0 Å². The highest BCUT2D eigenvalue weighted by Gasteiger charge is 2.17. The van der Waals surface area contributed by atoms with Gasteiger partial charge in [-0.25, -0.2) is 0 Å². The molecule has 0 bridgehead atoms. The molecule has 0 spiro atoms. The molecule has 1 atom stereocenters. The van der Waals surface area contributed by atoms with Crippen molar-refractivity contribution in [3.63, 3.8) is 0 Å². The normalized spacial score (nSPS) is 12.7. The Balaban J connectivity index is 2.43. The van der Waals surface area contributed by atoms with Crippen LogP contribution < -0.4 is 11.1 Å². The van der Waals surface area contributed by atoms with Gasteiger partial charge in [0.05, 0.1) is 18.8 Å². The highest BCUT2D eigenvalue weighted by molar-refractivity contribution is 5.94. The van der Waals surface area contributed by atoms with Crippen LogP contribution in [-0.4, -0.2) is 43.2 Å². The molecule has 5 heteroatoms. The number of nitrogens with two attached hydrogens (primary N) is 1. The van der Waals surface area contributed by atoms with Crippen LogP contribution in [0.15, 0.2) is 24.3 Å². The first kappa shape index (κ1) is 16.5. The van der Waals surface area contributed by atoms with Crippen molar-refractivity contribution in [2.24, 2.45) is 0 Å². The molecule has 0 saturated carbocycles. The maximum atomic E-state index is 12.1. The Hall–Kier alpha value is -1.59. The molecule has 3 N–H and O–H groups in total. The number of likely N-dealkylation sites (N-methyl/N-ethyl adjacent to an activating group) is 1. The quantitative estimate of drug-likeness (QED) is 0.749. The molecular formula is C15H25N3O2. The zero-order valence-electron chi connectivity index (χ0n) is 12.7. The van der Waals surface area contributed by atoms with E-state index >= 15 is 0 Å². The minimum Gasteiger partial charge on any atom is -0.399 e. The fraction of sp³-hybridized carbons (Fsp3) is 0.533. The topological polar surface area (TPSA) is 67.6 Å². The number of nitrogens with zero attached hydrogens (tertiary/aromatic N) is 1. The van der Waals surface area contributed by atoms with E-state index in [4.69, 9.17) is 10.5 Å². The zero-order valence-corrected chi connectivity index (χ0v) is 12.7. The number of ether oxygens (including phenoxy) is 1. The van der Waals surface area contributed by atoms with Gasteiger partial charge in [0.2, 0.25) is 5.91 Å². The highest BCUT2D eigenvalue weighted by Crippen LogP contribution is 2.11. The van der Waals surface area contributed by atoms with Gasteiger partial charge in [-0.15, -0.1) is 0 Å². The Morgan fingerprint density at radius 3 is 2.45 bits per heavy atom. The second kappa shape index (κ2) is 7.87. The second-order valence-corrected chi connectivity index (χ2v) is 5.19. The van der Waals surface area contributed by atoms with Crippen LogP contribution >= 0.6 is 0 Å². The van der Waals surface area contributed by atoms with Crippen molar-refractivity contribution in [2.75, 3.05) is 31.2 Å². The Morgan fingerprint density at radius 1 is 1.30 bits per heavy atom. The molecule has 1 rings (SSSR count). The first-order valence-corrected chi connectivity index (χ1v) is 6.88. The van der Waals surface area contributed by atoms with Crippen molar-refractivity contribution in [1.82, 2.24) is 4.90 Å². The number of benzene rings is 1. The molecular weight excluding hydrogens is 254 g/mol. The van der Waals surface area contributed by atoms with Crippen LogP contribution in [0.1, 0.15) is 20.8 Å². The standard InChI is InChI=1S/C15H25N3O2/c1-11(2)20-10-9-18(4)12(3)15(19)17-14-7-5-13(16)6-8-14/h5-8,11-12H,9-10,16H2,1-4H3,(H,17,19). The molecule has 0 fully saturated rings. The molecule has 0 aliphatic heterocycles. The average Bonchev–Trinajstić information content (AvgIpc) is 2.39. The van der Waals surface area contributed by atoms with Gasteiger partial charge in [0, 0.05) is 17.9 Å². The van der Waals surface area contributed by atoms with Crippen LogP contribution in [-0.2, 0) is 9.53 Å². The summed E-state index contributed by atoms with van der Waals surface area (Å²) in [5.41, 5.74) is 7.04. The van der Waals surface area contributed by atoms with E-state index in [0.29, 0.717) is 18.8 Å². The molecule has 0 heterocycles. The van der Waals surface area contributed by atoms with E-state index in [9.17, 15) is 4.79 Å². The molecule has 1 aromatic rings. The molecule has 5 nitrogen and oxygen atoms in total. The summed E-state index contributed by atoms with van der Waals surface area (Å²) in [6, 6.07) is 6.90. The van der Waals surface area contributed by atoms with E-state index in [1.807, 2.05) is 32.7 Å². The molecule has 1 aromatic carbocycles. The van der Waals surface area contributed by atoms with Crippen molar-refractivity contribution < 1.29 is 9.53 Å². The summed E-state index contributed by atoms with van der Waals surface area (Å²) in [6.45, 7) is 7.21. The van der Waals surface area contributed by atoms with Gasteiger partial charge in [-0.3, -0.25) is 9.69 Å². The second-order valence-electron chi connectivity index (χ2n) is 5.19. The lowest BCUT2D eigenvalue weighted by molar-refractivity contribution is -0.120. The lowest BCUT2D eigenvalue weighted by Crippen LogP contribution is -2.41. The molecule has 20 heavy (non-hydrogen) atoms. The van der Waals surface area contributed by atoms with E-state index < -0.39 is 0 Å². The summed E-state index contributed by atoms with van der Waals surface area (Å²) in [7, 11) is 1.91. The van der Waals surface area contributed by atoms with Gasteiger partial charge in [-0.2, -0.15) is 0 Å². The molecule has 1 unspecified atom stereocenters. The average molecular weight is 279 g/mol. The van der Waals surface area contributed by atoms with Crippen molar-refractivity contribution in [3.05, 3.63) is 24.3 Å². The highest BCUT2D eigenvalue weighted by atomic mass is 16.5. The Bertz CT molecular complexity index is 418. The summed E-state index contributed by atoms with van der Waals surface area (Å²) < 4.78 is 5.49. The van der Waals surface area contributed by atoms with Gasteiger partial charge >= 0.3 is 0 Å². The summed E-state index contributed by atoms with van der Waals surface area (Å²) in [6.07, 6.45) is 0.210. The fourth-order valence-electron chi connectivity index (χ4n) is 1.64. The molecule has 0 aliphatic carbocycles. The molecule has 0 aromatic heterocycles. The maximum absolute atomic E-state index is 12.1. The van der Waals surface area contributed by atoms with E-state index in [1.54, 1.807) is 24.3 Å². The zero-order chi connectivity index (χ0) is 15.1. The smallest absolute Gasteiger partial charge is 0.241 e. The minimum absolute atomic E-state index is 0.0400. The third-order valence-electron chi connectivity index (χ3n) is 3.11. The number of hydrogen-bond donors (Lipinski definition) is 2. The summed E-state index contributed by atoms with van der Waals surface area (Å²) in [4.78, 5) is 14.1. The number of carbonyl (C=O) groups is 1. The number of nitrogens with one attached hydrogen (secondary N) is 1. The predicted octanol–water partition coefficient (Wildman–Crippen LogP) is 1.95. The largest absolute Gasteiger partial charge is 0.399 e. The van der Waals surface area contributed by atoms with Crippen LogP contribution in [0.25, 0.3) is 0 Å². The third-order valence-corrected chi connectivity index (χ3v) is 3.11. The van der Waals surface area contributed by atoms with Crippen molar-refractivity contribution in [3.8, 4) is 0 Å². The number of amides is 1. The SMILES string of the molecule is CC(C)OCCN(C)C(C)C(=O)Nc1ccc(N)cc1. The van der Waals surface area contributed by atoms with E-state index in [0.717, 1.165) is 5.69 Å². The molecule has 112 valence electrons. The van der Waals surface area contributed by atoms with Crippen LogP contribution in [0.3, 0.4) is 0 Å². The first-order valence-electron chi connectivity index (χ1n) is 6.88. The van der Waals surface area contributed by atoms with E-state index in [-0.39, 0.29) is 18.1 Å². The first-order chi connectivity index (χ1) is 9.40. The monoisotopic (exact) mass is 279 g/mol. The Kier molecular flexibility index (Phi) is 6.48. The van der Waals surface area contributed by atoms with Gasteiger partial charge in [0.15, 0.2) is 0 Å². The molecule has 0 saturated heterocycles. The Labute approximate surface area is 121 Å². The number of carbonyl (C=O) groups excluding carboxylic acids is 1. The number of nitrogen functional groups attached to an aromatic ring is 1. The van der Waals surface area contributed by atoms with Gasteiger partial charge in [0.25, 0.3) is 0 Å². The minimum atomic E-state index is -0.219. The summed E-state index contributed by atoms with van der Waals surface area (Å²) in [5.74, 6) is -0.0400. The van der Waals surface area contributed by atoms with Crippen LogP contribution in [0.4, 0.5) is 11.4 Å². The van der Waals surface area contributed by atoms with Gasteiger partial charge in [-0.05, 0) is 52.1 Å². The van der Waals surface area contributed by atoms with Crippen molar-refractivity contribution in [1.29, 1.82) is 0 Å². The van der Waals surface area contributed by atoms with Crippen LogP contribution in [0.2, 0.25) is 0 Å². The van der Waals surface area contributed by atoms with Gasteiger partial charge in [0.1, 0.15) is 0 Å². The third kappa shape index (κ3) is 5.59. The maximum Gasteiger partial charge on any atom is 0.241 e. The van der Waals surface area contributed by atoms with E-state index in [2.05, 4.69) is 5.32 Å². The number of rotatable bonds is 7. The van der Waals surface area contributed by atoms with Gasteiger partial charge in [-0.1, -0.05) is 0 Å².